The lowest BCUT2D eigenvalue weighted by Gasteiger charge is -2.23. The predicted molar refractivity (Wildman–Crippen MR) is 82.2 cm³/mol. The van der Waals surface area contributed by atoms with Crippen molar-refractivity contribution in [1.29, 1.82) is 0 Å². The first-order valence-electron chi connectivity index (χ1n) is 7.37. The van der Waals surface area contributed by atoms with Gasteiger partial charge in [0, 0.05) is 0 Å². The van der Waals surface area contributed by atoms with Crippen molar-refractivity contribution in [3.8, 4) is 5.75 Å². The highest BCUT2D eigenvalue weighted by molar-refractivity contribution is 5.84. The third-order valence-corrected chi connectivity index (χ3v) is 3.08. The highest BCUT2D eigenvalue weighted by atomic mass is 19.4. The number of rotatable bonds is 3. The van der Waals surface area contributed by atoms with Gasteiger partial charge in [-0.15, -0.1) is 0 Å². The average molecular weight is 344 g/mol. The zero-order chi connectivity index (χ0) is 18.0. The minimum atomic E-state index is -4.37. The monoisotopic (exact) mass is 344 g/mol. The van der Waals surface area contributed by atoms with E-state index in [9.17, 15) is 18.0 Å². The lowest BCUT2D eigenvalue weighted by Crippen LogP contribution is -2.37. The fourth-order valence-electron chi connectivity index (χ4n) is 1.97. The largest absolute Gasteiger partial charge is 0.491 e. The Hall–Kier alpha value is -2.25. The second-order valence-electron chi connectivity index (χ2n) is 6.38. The van der Waals surface area contributed by atoms with E-state index in [0.717, 1.165) is 12.1 Å². The molecule has 0 radical (unpaired) electrons. The number of carbonyl (C=O) groups excluding carboxylic acids is 1. The van der Waals surface area contributed by atoms with Crippen molar-refractivity contribution in [2.75, 3.05) is 13.2 Å². The lowest BCUT2D eigenvalue weighted by molar-refractivity contribution is -0.137. The molecule has 2 rings (SSSR count). The van der Waals surface area contributed by atoms with Gasteiger partial charge in [0.1, 0.15) is 24.0 Å². The van der Waals surface area contributed by atoms with Gasteiger partial charge in [-0.1, -0.05) is 0 Å². The second-order valence-corrected chi connectivity index (χ2v) is 6.38. The van der Waals surface area contributed by atoms with Gasteiger partial charge in [-0.3, -0.25) is 9.89 Å². The maximum Gasteiger partial charge on any atom is 0.416 e. The predicted octanol–water partition coefficient (Wildman–Crippen LogP) is 3.73. The molecule has 1 aliphatic rings. The fourth-order valence-corrected chi connectivity index (χ4v) is 1.97. The minimum Gasteiger partial charge on any atom is -0.491 e. The summed E-state index contributed by atoms with van der Waals surface area (Å²) < 4.78 is 48.1. The van der Waals surface area contributed by atoms with Gasteiger partial charge >= 0.3 is 12.3 Å². The summed E-state index contributed by atoms with van der Waals surface area (Å²) in [6.07, 6.45) is -3.49. The summed E-state index contributed by atoms with van der Waals surface area (Å²) in [6, 6.07) is 4.14. The molecule has 8 heteroatoms. The molecule has 0 saturated heterocycles. The van der Waals surface area contributed by atoms with Gasteiger partial charge in [-0.2, -0.15) is 13.2 Å². The lowest BCUT2D eigenvalue weighted by atomic mass is 10.2. The van der Waals surface area contributed by atoms with E-state index >= 15 is 0 Å². The number of hydrogen-bond acceptors (Lipinski definition) is 4. The van der Waals surface area contributed by atoms with Gasteiger partial charge in [0.05, 0.1) is 18.4 Å². The molecule has 0 fully saturated rings. The molecule has 0 spiro atoms. The van der Waals surface area contributed by atoms with Crippen LogP contribution in [0.3, 0.4) is 0 Å². The Morgan fingerprint density at radius 3 is 2.42 bits per heavy atom. The molecule has 1 aromatic carbocycles. The molecule has 0 bridgehead atoms. The van der Waals surface area contributed by atoms with Crippen LogP contribution in [0.25, 0.3) is 0 Å². The second kappa shape index (κ2) is 6.70. The standard InChI is InChI=1S/C16H19F3N2O3/c1-15(2,3)24-14(22)21-8-12(20-10-21)9-23-13-6-4-11(5-7-13)16(17,18)19/h4-7,10,12H,8-9H2,1-3H3. The van der Waals surface area contributed by atoms with Gasteiger partial charge in [0.15, 0.2) is 0 Å². The number of aliphatic imine (C=N–C) groups is 1. The van der Waals surface area contributed by atoms with E-state index in [1.165, 1.54) is 23.4 Å². The average Bonchev–Trinajstić information content (AvgIpc) is 2.92. The summed E-state index contributed by atoms with van der Waals surface area (Å²) >= 11 is 0. The summed E-state index contributed by atoms with van der Waals surface area (Å²) in [5.74, 6) is 0.314. The number of ether oxygens (including phenoxy) is 2. The number of carbonyl (C=O) groups is 1. The maximum absolute atomic E-state index is 12.5. The maximum atomic E-state index is 12.5. The number of alkyl halides is 3. The molecule has 0 aromatic heterocycles. The van der Waals surface area contributed by atoms with Crippen molar-refractivity contribution in [1.82, 2.24) is 4.90 Å². The van der Waals surface area contributed by atoms with Crippen LogP contribution >= 0.6 is 0 Å². The van der Waals surface area contributed by atoms with Crippen LogP contribution in [-0.2, 0) is 10.9 Å². The van der Waals surface area contributed by atoms with Crippen molar-refractivity contribution < 1.29 is 27.4 Å². The van der Waals surface area contributed by atoms with Crippen molar-refractivity contribution in [3.63, 3.8) is 0 Å². The summed E-state index contributed by atoms with van der Waals surface area (Å²) in [6.45, 7) is 5.76. The molecular formula is C16H19F3N2O3. The van der Waals surface area contributed by atoms with Gasteiger partial charge < -0.3 is 9.47 Å². The van der Waals surface area contributed by atoms with Crippen LogP contribution in [0.4, 0.5) is 18.0 Å². The first-order chi connectivity index (χ1) is 11.0. The van der Waals surface area contributed by atoms with Crippen molar-refractivity contribution in [3.05, 3.63) is 29.8 Å². The number of nitrogens with zero attached hydrogens (tertiary/aromatic N) is 2. The molecular weight excluding hydrogens is 325 g/mol. The van der Waals surface area contributed by atoms with Crippen LogP contribution in [0.15, 0.2) is 29.3 Å². The molecule has 1 heterocycles. The molecule has 1 aromatic rings. The molecule has 1 aliphatic heterocycles. The molecule has 0 N–H and O–H groups in total. The Labute approximate surface area is 138 Å². The van der Waals surface area contributed by atoms with Crippen molar-refractivity contribution in [2.24, 2.45) is 4.99 Å². The third kappa shape index (κ3) is 5.14. The molecule has 1 amide bonds. The van der Waals surface area contributed by atoms with E-state index in [2.05, 4.69) is 4.99 Å². The Morgan fingerprint density at radius 2 is 1.88 bits per heavy atom. The van der Waals surface area contributed by atoms with E-state index in [1.807, 2.05) is 0 Å². The molecule has 0 saturated carbocycles. The first kappa shape index (κ1) is 18.1. The Morgan fingerprint density at radius 1 is 1.25 bits per heavy atom. The van der Waals surface area contributed by atoms with Crippen LogP contribution in [0.2, 0.25) is 0 Å². The van der Waals surface area contributed by atoms with Crippen LogP contribution in [-0.4, -0.2) is 42.1 Å². The number of benzene rings is 1. The first-order valence-corrected chi connectivity index (χ1v) is 7.37. The van der Waals surface area contributed by atoms with Crippen LogP contribution in [0.5, 0.6) is 5.75 Å². The normalized spacial score (nSPS) is 17.9. The topological polar surface area (TPSA) is 51.1 Å². The highest BCUT2D eigenvalue weighted by Crippen LogP contribution is 2.30. The zero-order valence-corrected chi connectivity index (χ0v) is 13.6. The molecule has 132 valence electrons. The summed E-state index contributed by atoms with van der Waals surface area (Å²) in [5.41, 5.74) is -1.33. The molecule has 0 aliphatic carbocycles. The van der Waals surface area contributed by atoms with Gasteiger partial charge in [0.2, 0.25) is 0 Å². The van der Waals surface area contributed by atoms with Crippen LogP contribution in [0, 0.1) is 0 Å². The SMILES string of the molecule is CC(C)(C)OC(=O)N1C=NC(COc2ccc(C(F)(F)F)cc2)C1. The van der Waals surface area contributed by atoms with E-state index in [0.29, 0.717) is 12.3 Å². The van der Waals surface area contributed by atoms with Crippen LogP contribution in [0.1, 0.15) is 26.3 Å². The number of amides is 1. The summed E-state index contributed by atoms with van der Waals surface area (Å²) in [4.78, 5) is 17.4. The Balaban J connectivity index is 1.82. The fraction of sp³-hybridized carbons (Fsp3) is 0.500. The Kier molecular flexibility index (Phi) is 5.05. The third-order valence-electron chi connectivity index (χ3n) is 3.08. The molecule has 1 unspecified atom stereocenters. The van der Waals surface area contributed by atoms with Gasteiger partial charge in [-0.05, 0) is 45.0 Å². The quantitative estimate of drug-likeness (QED) is 0.839. The highest BCUT2D eigenvalue weighted by Gasteiger charge is 2.30. The molecule has 1 atom stereocenters. The summed E-state index contributed by atoms with van der Waals surface area (Å²) in [7, 11) is 0. The van der Waals surface area contributed by atoms with Crippen LogP contribution < -0.4 is 4.74 Å². The van der Waals surface area contributed by atoms with Gasteiger partial charge in [-0.25, -0.2) is 4.79 Å². The van der Waals surface area contributed by atoms with E-state index in [1.54, 1.807) is 20.8 Å². The Bertz CT molecular complexity index is 606. The van der Waals surface area contributed by atoms with Crippen molar-refractivity contribution in [2.45, 2.75) is 38.6 Å². The summed E-state index contributed by atoms with van der Waals surface area (Å²) in [5, 5.41) is 0. The van der Waals surface area contributed by atoms with E-state index < -0.39 is 23.4 Å². The van der Waals surface area contributed by atoms with E-state index in [4.69, 9.17) is 9.47 Å². The van der Waals surface area contributed by atoms with Crippen molar-refractivity contribution >= 4 is 12.4 Å². The molecule has 24 heavy (non-hydrogen) atoms. The molecule has 5 nitrogen and oxygen atoms in total. The minimum absolute atomic E-state index is 0.154. The van der Waals surface area contributed by atoms with Gasteiger partial charge in [0.25, 0.3) is 0 Å². The number of hydrogen-bond donors (Lipinski definition) is 0. The smallest absolute Gasteiger partial charge is 0.416 e. The zero-order valence-electron chi connectivity index (χ0n) is 13.6. The van der Waals surface area contributed by atoms with E-state index in [-0.39, 0.29) is 12.6 Å². The number of halogens is 3.